The Labute approximate surface area is 420 Å². The van der Waals surface area contributed by atoms with Crippen molar-refractivity contribution in [3.63, 3.8) is 0 Å². The zero-order chi connectivity index (χ0) is 52.5. The monoisotopic (exact) mass is 1050 g/mol. The largest absolute Gasteiger partial charge is 0.348 e. The summed E-state index contributed by atoms with van der Waals surface area (Å²) in [5.41, 5.74) is 6.04. The lowest BCUT2D eigenvalue weighted by molar-refractivity contribution is -0.433. The first-order chi connectivity index (χ1) is 33.7. The Hall–Kier alpha value is -6.43. The van der Waals surface area contributed by atoms with Crippen molar-refractivity contribution in [2.45, 2.75) is 80.5 Å². The number of hydrogen-bond acceptors (Lipinski definition) is 10. The van der Waals surface area contributed by atoms with Gasteiger partial charge in [0.05, 0.1) is 26.5 Å². The van der Waals surface area contributed by atoms with Gasteiger partial charge in [-0.05, 0) is 140 Å². The molecule has 6 aromatic rings. The molecule has 1 aromatic heterocycles. The van der Waals surface area contributed by atoms with Crippen LogP contribution in [-0.4, -0.2) is 81.9 Å². The summed E-state index contributed by atoms with van der Waals surface area (Å²) in [4.78, 5) is 18.6. The summed E-state index contributed by atoms with van der Waals surface area (Å²) in [6, 6.07) is 22.0. The van der Waals surface area contributed by atoms with E-state index in [0.717, 1.165) is 39.7 Å². The van der Waals surface area contributed by atoms with Crippen molar-refractivity contribution in [1.82, 2.24) is 10.3 Å². The Balaban J connectivity index is 1.24. The summed E-state index contributed by atoms with van der Waals surface area (Å²) in [7, 11) is -14.4. The molecular weight excluding hydrogens is 1000 g/mol. The fourth-order valence-electron chi connectivity index (χ4n) is 10.0. The maximum absolute atomic E-state index is 13.4. The Bertz CT molecular complexity index is 3770. The van der Waals surface area contributed by atoms with Crippen molar-refractivity contribution < 1.29 is 57.0 Å². The molecular formula is C51H52N5O12S4+. The number of nitrogens with zero attached hydrogens (tertiary/aromatic N) is 3. The van der Waals surface area contributed by atoms with Gasteiger partial charge in [0.1, 0.15) is 11.4 Å². The van der Waals surface area contributed by atoms with Crippen LogP contribution in [0, 0.1) is 6.92 Å². The van der Waals surface area contributed by atoms with E-state index in [0.29, 0.717) is 52.2 Å². The van der Waals surface area contributed by atoms with Crippen molar-refractivity contribution >= 4 is 97.4 Å². The fourth-order valence-corrected chi connectivity index (χ4v) is 12.3. The molecule has 0 radical (unpaired) electrons. The number of carbonyl (C=O) groups excluding carboxylic acids is 1. The van der Waals surface area contributed by atoms with Gasteiger partial charge in [0, 0.05) is 70.4 Å². The lowest BCUT2D eigenvalue weighted by Crippen LogP contribution is -2.27. The molecule has 2 aliphatic rings. The average Bonchev–Trinajstić information content (AvgIpc) is 3.67. The van der Waals surface area contributed by atoms with Gasteiger partial charge in [0.25, 0.3) is 47.5 Å². The quantitative estimate of drug-likeness (QED) is 0.0258. The van der Waals surface area contributed by atoms with Crippen molar-refractivity contribution in [3.05, 3.63) is 155 Å². The number of hydrogen-bond donors (Lipinski definition) is 6. The molecule has 0 saturated carbocycles. The number of pyridine rings is 1. The number of aromatic nitrogens is 1. The van der Waals surface area contributed by atoms with Crippen LogP contribution in [0.4, 0.5) is 17.1 Å². The lowest BCUT2D eigenvalue weighted by Gasteiger charge is -2.26. The van der Waals surface area contributed by atoms with Gasteiger partial charge in [-0.1, -0.05) is 38.1 Å². The van der Waals surface area contributed by atoms with Gasteiger partial charge in [0.2, 0.25) is 5.69 Å². The third-order valence-corrected chi connectivity index (χ3v) is 16.3. The summed E-state index contributed by atoms with van der Waals surface area (Å²) >= 11 is -2.23. The molecule has 376 valence electrons. The minimum absolute atomic E-state index is 0.0587. The minimum atomic E-state index is -4.96. The van der Waals surface area contributed by atoms with E-state index in [1.165, 1.54) is 30.5 Å². The van der Waals surface area contributed by atoms with Crippen LogP contribution in [0.25, 0.3) is 27.1 Å². The topological polar surface area (TPSA) is 261 Å². The van der Waals surface area contributed by atoms with Gasteiger partial charge in [-0.2, -0.15) is 29.8 Å². The summed E-state index contributed by atoms with van der Waals surface area (Å²) < 4.78 is 130. The van der Waals surface area contributed by atoms with E-state index in [1.54, 1.807) is 49.4 Å². The highest BCUT2D eigenvalue weighted by atomic mass is 32.2. The first-order valence-corrected chi connectivity index (χ1v) is 27.9. The third kappa shape index (κ3) is 9.65. The number of anilines is 2. The number of carbonyl (C=O) groups is 1. The zero-order valence-corrected chi connectivity index (χ0v) is 43.4. The van der Waals surface area contributed by atoms with E-state index < -0.39 is 68.1 Å². The first kappa shape index (κ1) is 51.9. The average molecular weight is 1060 g/mol. The molecule has 17 nitrogen and oxygen atoms in total. The number of likely N-dealkylation sites (N-methyl/N-ethyl adjacent to an activating group) is 1. The van der Waals surface area contributed by atoms with Gasteiger partial charge >= 0.3 is 0 Å². The Morgan fingerprint density at radius 3 is 2.00 bits per heavy atom. The molecule has 8 rings (SSSR count). The maximum Gasteiger partial charge on any atom is 0.295 e. The van der Waals surface area contributed by atoms with Gasteiger partial charge in [-0.25, -0.2) is 4.21 Å². The van der Waals surface area contributed by atoms with Crippen LogP contribution < -0.4 is 14.9 Å². The molecule has 6 N–H and O–H groups in total. The van der Waals surface area contributed by atoms with Gasteiger partial charge in [-0.15, -0.1) is 0 Å². The zero-order valence-electron chi connectivity index (χ0n) is 40.1. The Morgan fingerprint density at radius 1 is 0.778 bits per heavy atom. The molecule has 72 heavy (non-hydrogen) atoms. The van der Waals surface area contributed by atoms with Crippen LogP contribution in [0.1, 0.15) is 79.8 Å². The van der Waals surface area contributed by atoms with E-state index in [9.17, 15) is 47.9 Å². The fraction of sp³-hybridized carbons (Fsp3) is 0.235. The van der Waals surface area contributed by atoms with Crippen molar-refractivity contribution in [2.24, 2.45) is 0 Å². The van der Waals surface area contributed by atoms with Gasteiger partial charge in [-0.3, -0.25) is 32.7 Å². The molecule has 3 heterocycles. The normalized spacial score (nSPS) is 16.7. The lowest BCUT2D eigenvalue weighted by atomic mass is 9.78. The summed E-state index contributed by atoms with van der Waals surface area (Å²) in [5.74, 6) is -0.402. The highest BCUT2D eigenvalue weighted by Crippen LogP contribution is 2.52. The van der Waals surface area contributed by atoms with Crippen LogP contribution in [0.5, 0.6) is 0 Å². The molecule has 0 saturated heterocycles. The number of aryl methyl sites for hydroxylation is 1. The molecule has 0 spiro atoms. The summed E-state index contributed by atoms with van der Waals surface area (Å²) in [5, 5.41) is 4.63. The van der Waals surface area contributed by atoms with Gasteiger partial charge < -0.3 is 10.2 Å². The van der Waals surface area contributed by atoms with E-state index in [1.807, 2.05) is 82.9 Å². The Morgan fingerprint density at radius 2 is 1.42 bits per heavy atom. The predicted octanol–water partition coefficient (Wildman–Crippen LogP) is 8.65. The summed E-state index contributed by atoms with van der Waals surface area (Å²) in [6.07, 6.45) is 9.05. The van der Waals surface area contributed by atoms with E-state index in [4.69, 9.17) is 9.54 Å². The number of benzene rings is 5. The molecule has 1 amide bonds. The molecule has 5 aromatic carbocycles. The SMILES string of the molecule is CCN1/C(=C/C=C(/C=C/C2=[N+](CC)c3ccc4c(C)cc(S(=O)(=O)O)cc4c3C2(C)C)c2ccc(C(=O)NCc3ccc(NS(=O)O)cc3)cn2)C(C)(C)c2c1ccc1c(S(=O)(=O)O)cc(S(=O)(=O)O)cc21. The second-order valence-corrected chi connectivity index (χ2v) is 23.4. The maximum atomic E-state index is 13.4. The van der Waals surface area contributed by atoms with Crippen LogP contribution in [0.15, 0.2) is 136 Å². The molecule has 0 bridgehead atoms. The highest BCUT2D eigenvalue weighted by molar-refractivity contribution is 7.87. The van der Waals surface area contributed by atoms with Crippen molar-refractivity contribution in [1.29, 1.82) is 0 Å². The number of rotatable bonds is 14. The number of fused-ring (bicyclic) bond motifs is 6. The van der Waals surface area contributed by atoms with Crippen LogP contribution >= 0.6 is 0 Å². The van der Waals surface area contributed by atoms with Crippen molar-refractivity contribution in [2.75, 3.05) is 22.7 Å². The van der Waals surface area contributed by atoms with Crippen LogP contribution in [-0.2, 0) is 59.0 Å². The standard InChI is InChI=1S/C51H51N5O12S4/c1-8-55-42-20-17-37-30(3)24-35(70(60,61)62)25-39(37)47(42)50(4,5)45(55)22-13-32(41-19-12-33(29-52-41)49(57)53-28-31-10-15-34(16-11-31)54-69(58)59)14-23-46-51(6,7)48-40-26-36(71(63,64)65)27-44(72(66,67)68)38(40)18-21-43(48)56(46)9-2/h10-27,29,54H,8-9,28H2,1-7H3,(H4-,53,57,58,59,60,61,62,63,64,65,66,67,68)/p+1. The van der Waals surface area contributed by atoms with E-state index >= 15 is 0 Å². The second-order valence-electron chi connectivity index (χ2n) is 18.5. The molecule has 1 atom stereocenters. The molecule has 0 aliphatic carbocycles. The summed E-state index contributed by atoms with van der Waals surface area (Å²) in [6.45, 7) is 14.7. The van der Waals surface area contributed by atoms with Crippen molar-refractivity contribution in [3.8, 4) is 0 Å². The van der Waals surface area contributed by atoms with Crippen LogP contribution in [0.2, 0.25) is 0 Å². The molecule has 21 heteroatoms. The Kier molecular flexibility index (Phi) is 13.6. The van der Waals surface area contributed by atoms with Gasteiger partial charge in [0.15, 0.2) is 5.71 Å². The van der Waals surface area contributed by atoms with E-state index in [2.05, 4.69) is 14.6 Å². The smallest absolute Gasteiger partial charge is 0.295 e. The predicted molar refractivity (Wildman–Crippen MR) is 278 cm³/mol. The minimum Gasteiger partial charge on any atom is -0.348 e. The molecule has 1 unspecified atom stereocenters. The highest BCUT2D eigenvalue weighted by Gasteiger charge is 2.46. The van der Waals surface area contributed by atoms with E-state index in [-0.39, 0.29) is 27.8 Å². The molecule has 0 fully saturated rings. The number of allylic oxidation sites excluding steroid dienone is 6. The van der Waals surface area contributed by atoms with Crippen LogP contribution in [0.3, 0.4) is 0 Å². The molecule has 2 aliphatic heterocycles. The number of amides is 1. The second kappa shape index (κ2) is 18.9. The third-order valence-electron chi connectivity index (χ3n) is 13.3. The number of nitrogens with one attached hydrogen (secondary N) is 2. The first-order valence-electron chi connectivity index (χ1n) is 22.5.